The molecular formula is C15H20F3NO2. The minimum Gasteiger partial charge on any atom is -0.432 e. The molecule has 1 heterocycles. The SMILES string of the molecule is CC(O)C1CCN(Cc2ccc(OC(F)F)c(F)c2)CC1. The van der Waals surface area contributed by atoms with Crippen LogP contribution in [0.3, 0.4) is 0 Å². The van der Waals surface area contributed by atoms with Crippen LogP contribution in [0.2, 0.25) is 0 Å². The normalized spacial score (nSPS) is 19.0. The molecule has 0 aliphatic carbocycles. The van der Waals surface area contributed by atoms with Gasteiger partial charge in [-0.15, -0.1) is 0 Å². The smallest absolute Gasteiger partial charge is 0.387 e. The second kappa shape index (κ2) is 7.13. The van der Waals surface area contributed by atoms with E-state index in [4.69, 9.17) is 0 Å². The van der Waals surface area contributed by atoms with Gasteiger partial charge in [0, 0.05) is 6.54 Å². The van der Waals surface area contributed by atoms with Crippen molar-refractivity contribution < 1.29 is 23.0 Å². The number of likely N-dealkylation sites (tertiary alicyclic amines) is 1. The van der Waals surface area contributed by atoms with E-state index in [1.807, 2.05) is 0 Å². The van der Waals surface area contributed by atoms with Crippen LogP contribution in [0.4, 0.5) is 13.2 Å². The number of alkyl halides is 2. The first-order valence-electron chi connectivity index (χ1n) is 7.09. The van der Waals surface area contributed by atoms with E-state index in [1.54, 1.807) is 13.0 Å². The zero-order valence-electron chi connectivity index (χ0n) is 11.9. The number of halogens is 3. The molecule has 1 N–H and O–H groups in total. The Bertz CT molecular complexity index is 460. The van der Waals surface area contributed by atoms with Crippen molar-refractivity contribution in [3.8, 4) is 5.75 Å². The van der Waals surface area contributed by atoms with Crippen LogP contribution >= 0.6 is 0 Å². The lowest BCUT2D eigenvalue weighted by atomic mass is 9.92. The minimum atomic E-state index is -3.02. The molecule has 1 aromatic carbocycles. The largest absolute Gasteiger partial charge is 0.432 e. The van der Waals surface area contributed by atoms with E-state index in [2.05, 4.69) is 9.64 Å². The topological polar surface area (TPSA) is 32.7 Å². The molecule has 0 aromatic heterocycles. The van der Waals surface area contributed by atoms with Gasteiger partial charge in [-0.25, -0.2) is 4.39 Å². The summed E-state index contributed by atoms with van der Waals surface area (Å²) in [6, 6.07) is 4.07. The zero-order valence-corrected chi connectivity index (χ0v) is 11.9. The first-order valence-corrected chi connectivity index (χ1v) is 7.09. The van der Waals surface area contributed by atoms with Gasteiger partial charge in [0.2, 0.25) is 0 Å². The van der Waals surface area contributed by atoms with Crippen LogP contribution in [0.5, 0.6) is 5.75 Å². The number of piperidine rings is 1. The number of aliphatic hydroxyl groups excluding tert-OH is 1. The molecule has 0 saturated carbocycles. The number of nitrogens with zero attached hydrogens (tertiary/aromatic N) is 1. The summed E-state index contributed by atoms with van der Waals surface area (Å²) in [5, 5.41) is 9.55. The maximum absolute atomic E-state index is 13.6. The lowest BCUT2D eigenvalue weighted by Gasteiger charge is -2.33. The van der Waals surface area contributed by atoms with Gasteiger partial charge < -0.3 is 9.84 Å². The Morgan fingerprint density at radius 3 is 2.52 bits per heavy atom. The average Bonchev–Trinajstić information content (AvgIpc) is 2.42. The maximum atomic E-state index is 13.6. The predicted molar refractivity (Wildman–Crippen MR) is 72.7 cm³/mol. The number of rotatable bonds is 5. The fraction of sp³-hybridized carbons (Fsp3) is 0.600. The van der Waals surface area contributed by atoms with E-state index in [0.29, 0.717) is 12.5 Å². The molecule has 3 nitrogen and oxygen atoms in total. The summed E-state index contributed by atoms with van der Waals surface area (Å²) in [6.45, 7) is 1.03. The molecule has 21 heavy (non-hydrogen) atoms. The molecule has 6 heteroatoms. The van der Waals surface area contributed by atoms with E-state index >= 15 is 0 Å². The minimum absolute atomic E-state index is 0.296. The van der Waals surface area contributed by atoms with Crippen LogP contribution in [-0.4, -0.2) is 35.8 Å². The number of ether oxygens (including phenoxy) is 1. The van der Waals surface area contributed by atoms with Crippen molar-refractivity contribution in [2.75, 3.05) is 13.1 Å². The molecule has 1 unspecified atom stereocenters. The Morgan fingerprint density at radius 2 is 2.00 bits per heavy atom. The fourth-order valence-corrected chi connectivity index (χ4v) is 2.69. The van der Waals surface area contributed by atoms with Crippen LogP contribution in [0.1, 0.15) is 25.3 Å². The van der Waals surface area contributed by atoms with E-state index < -0.39 is 18.2 Å². The summed E-state index contributed by atoms with van der Waals surface area (Å²) in [5.41, 5.74) is 0.726. The maximum Gasteiger partial charge on any atom is 0.387 e. The fourth-order valence-electron chi connectivity index (χ4n) is 2.69. The summed E-state index contributed by atoms with van der Waals surface area (Å²) in [5.74, 6) is -0.881. The highest BCUT2D eigenvalue weighted by Crippen LogP contribution is 2.24. The van der Waals surface area contributed by atoms with Gasteiger partial charge in [-0.3, -0.25) is 4.90 Å². The number of benzene rings is 1. The summed E-state index contributed by atoms with van der Waals surface area (Å²) < 4.78 is 41.8. The van der Waals surface area contributed by atoms with E-state index in [1.165, 1.54) is 12.1 Å². The summed E-state index contributed by atoms with van der Waals surface area (Å²) in [7, 11) is 0. The van der Waals surface area contributed by atoms with Crippen molar-refractivity contribution in [2.45, 2.75) is 39.0 Å². The third kappa shape index (κ3) is 4.61. The van der Waals surface area contributed by atoms with Gasteiger partial charge in [0.25, 0.3) is 0 Å². The molecule has 1 atom stereocenters. The Morgan fingerprint density at radius 1 is 1.33 bits per heavy atom. The number of hydrogen-bond donors (Lipinski definition) is 1. The van der Waals surface area contributed by atoms with Crippen LogP contribution in [0.25, 0.3) is 0 Å². The van der Waals surface area contributed by atoms with E-state index in [0.717, 1.165) is 31.5 Å². The first-order chi connectivity index (χ1) is 9.95. The standard InChI is InChI=1S/C15H20F3NO2/c1-10(20)12-4-6-19(7-5-12)9-11-2-3-14(13(16)8-11)21-15(17)18/h2-3,8,10,12,15,20H,4-7,9H2,1H3. The Balaban J connectivity index is 1.91. The number of aliphatic hydroxyl groups is 1. The molecule has 1 saturated heterocycles. The monoisotopic (exact) mass is 303 g/mol. The van der Waals surface area contributed by atoms with Crippen LogP contribution in [-0.2, 0) is 6.54 Å². The molecule has 1 aromatic rings. The Hall–Kier alpha value is -1.27. The molecule has 0 amide bonds. The summed E-state index contributed by atoms with van der Waals surface area (Å²) >= 11 is 0. The lowest BCUT2D eigenvalue weighted by molar-refractivity contribution is -0.0522. The number of hydrogen-bond acceptors (Lipinski definition) is 3. The molecule has 0 spiro atoms. The Kier molecular flexibility index (Phi) is 5.47. The van der Waals surface area contributed by atoms with E-state index in [9.17, 15) is 18.3 Å². The molecule has 0 bridgehead atoms. The van der Waals surface area contributed by atoms with Gasteiger partial charge in [-0.1, -0.05) is 6.07 Å². The summed E-state index contributed by atoms with van der Waals surface area (Å²) in [6.07, 6.45) is 1.52. The molecule has 1 aliphatic heterocycles. The van der Waals surface area contributed by atoms with Crippen molar-refractivity contribution in [3.63, 3.8) is 0 Å². The Labute approximate surface area is 122 Å². The third-order valence-corrected chi connectivity index (χ3v) is 3.93. The van der Waals surface area contributed by atoms with Crippen molar-refractivity contribution in [2.24, 2.45) is 5.92 Å². The lowest BCUT2D eigenvalue weighted by Crippen LogP contribution is -2.36. The average molecular weight is 303 g/mol. The quantitative estimate of drug-likeness (QED) is 0.907. The summed E-state index contributed by atoms with van der Waals surface area (Å²) in [4.78, 5) is 2.17. The molecule has 2 rings (SSSR count). The highest BCUT2D eigenvalue weighted by atomic mass is 19.3. The van der Waals surface area contributed by atoms with Gasteiger partial charge in [0.15, 0.2) is 11.6 Å². The molecule has 118 valence electrons. The van der Waals surface area contributed by atoms with Crippen LogP contribution in [0.15, 0.2) is 18.2 Å². The van der Waals surface area contributed by atoms with Crippen molar-refractivity contribution in [1.82, 2.24) is 4.90 Å². The molecular weight excluding hydrogens is 283 g/mol. The molecule has 0 radical (unpaired) electrons. The van der Waals surface area contributed by atoms with Gasteiger partial charge in [-0.2, -0.15) is 8.78 Å². The van der Waals surface area contributed by atoms with Crippen molar-refractivity contribution in [3.05, 3.63) is 29.6 Å². The molecule has 1 fully saturated rings. The van der Waals surface area contributed by atoms with Gasteiger partial charge in [0.05, 0.1) is 6.10 Å². The first kappa shape index (κ1) is 16.1. The van der Waals surface area contributed by atoms with Crippen LogP contribution in [0, 0.1) is 11.7 Å². The highest BCUT2D eigenvalue weighted by molar-refractivity contribution is 5.29. The van der Waals surface area contributed by atoms with E-state index in [-0.39, 0.29) is 6.10 Å². The van der Waals surface area contributed by atoms with Gasteiger partial charge in [-0.05, 0) is 56.5 Å². The zero-order chi connectivity index (χ0) is 15.4. The third-order valence-electron chi connectivity index (χ3n) is 3.93. The second-order valence-corrected chi connectivity index (χ2v) is 5.50. The van der Waals surface area contributed by atoms with Crippen LogP contribution < -0.4 is 4.74 Å². The predicted octanol–water partition coefficient (Wildman–Crippen LogP) is 3.02. The molecule has 1 aliphatic rings. The van der Waals surface area contributed by atoms with Gasteiger partial charge in [0.1, 0.15) is 0 Å². The second-order valence-electron chi connectivity index (χ2n) is 5.50. The van der Waals surface area contributed by atoms with Crippen molar-refractivity contribution >= 4 is 0 Å². The highest BCUT2D eigenvalue weighted by Gasteiger charge is 2.22. The van der Waals surface area contributed by atoms with Crippen molar-refractivity contribution in [1.29, 1.82) is 0 Å². The van der Waals surface area contributed by atoms with Gasteiger partial charge >= 0.3 is 6.61 Å².